The number of fused-ring (bicyclic) bond motifs is 1. The molecule has 2 N–H and O–H groups in total. The molecule has 3 rings (SSSR count). The molecule has 2 atom stereocenters. The van der Waals surface area contributed by atoms with Crippen molar-refractivity contribution >= 4 is 0 Å². The molecule has 1 aliphatic rings. The summed E-state index contributed by atoms with van der Waals surface area (Å²) in [6, 6.07) is 12.3. The molecule has 2 aromatic rings. The molecule has 1 heterocycles. The van der Waals surface area contributed by atoms with Crippen molar-refractivity contribution in [1.82, 2.24) is 0 Å². The van der Waals surface area contributed by atoms with Gasteiger partial charge in [0.1, 0.15) is 17.6 Å². The number of aryl methyl sites for hydroxylation is 2. The smallest absolute Gasteiger partial charge is 0.126 e. The third kappa shape index (κ3) is 2.61. The van der Waals surface area contributed by atoms with E-state index in [4.69, 9.17) is 15.2 Å². The highest BCUT2D eigenvalue weighted by molar-refractivity contribution is 5.44. The lowest BCUT2D eigenvalue weighted by Crippen LogP contribution is -2.24. The van der Waals surface area contributed by atoms with Crippen molar-refractivity contribution in [3.63, 3.8) is 0 Å². The average Bonchev–Trinajstić information content (AvgIpc) is 2.49. The monoisotopic (exact) mass is 283 g/mol. The molecular weight excluding hydrogens is 262 g/mol. The summed E-state index contributed by atoms with van der Waals surface area (Å²) in [5, 5.41) is 0. The highest BCUT2D eigenvalue weighted by Gasteiger charge is 2.27. The molecule has 0 radical (unpaired) electrons. The lowest BCUT2D eigenvalue weighted by Gasteiger charge is -2.31. The van der Waals surface area contributed by atoms with Crippen molar-refractivity contribution in [2.75, 3.05) is 7.11 Å². The van der Waals surface area contributed by atoms with Crippen LogP contribution in [0.3, 0.4) is 0 Å². The first-order chi connectivity index (χ1) is 10.1. The van der Waals surface area contributed by atoms with Crippen LogP contribution in [0, 0.1) is 13.8 Å². The Morgan fingerprint density at radius 1 is 1.10 bits per heavy atom. The topological polar surface area (TPSA) is 44.5 Å². The van der Waals surface area contributed by atoms with E-state index in [0.717, 1.165) is 23.5 Å². The Morgan fingerprint density at radius 2 is 1.90 bits per heavy atom. The largest absolute Gasteiger partial charge is 0.497 e. The quantitative estimate of drug-likeness (QED) is 0.911. The molecule has 0 aliphatic carbocycles. The van der Waals surface area contributed by atoms with Gasteiger partial charge in [-0.05, 0) is 48.7 Å². The lowest BCUT2D eigenvalue weighted by molar-refractivity contribution is 0.161. The molecule has 3 heteroatoms. The van der Waals surface area contributed by atoms with Crippen LogP contribution in [0.5, 0.6) is 11.5 Å². The van der Waals surface area contributed by atoms with Crippen LogP contribution in [0.15, 0.2) is 36.4 Å². The van der Waals surface area contributed by atoms with Gasteiger partial charge in [-0.15, -0.1) is 0 Å². The first-order valence-corrected chi connectivity index (χ1v) is 7.26. The van der Waals surface area contributed by atoms with Crippen molar-refractivity contribution < 1.29 is 9.47 Å². The molecule has 2 aromatic carbocycles. The third-order valence-electron chi connectivity index (χ3n) is 4.26. The second-order valence-electron chi connectivity index (χ2n) is 5.70. The molecule has 0 aromatic heterocycles. The zero-order valence-corrected chi connectivity index (χ0v) is 12.7. The van der Waals surface area contributed by atoms with Crippen molar-refractivity contribution in [2.45, 2.75) is 32.4 Å². The van der Waals surface area contributed by atoms with Crippen LogP contribution in [0.25, 0.3) is 0 Å². The number of methoxy groups -OCH3 is 1. The zero-order valence-electron chi connectivity index (χ0n) is 12.7. The van der Waals surface area contributed by atoms with E-state index in [-0.39, 0.29) is 12.1 Å². The van der Waals surface area contributed by atoms with Crippen LogP contribution in [0.1, 0.15) is 40.8 Å². The van der Waals surface area contributed by atoms with E-state index < -0.39 is 0 Å². The standard InChI is InChI=1S/C18H21NO2/c1-11-4-5-13(8-12(11)2)18-10-16(19)15-9-14(20-3)6-7-17(15)21-18/h4-9,16,18H,10,19H2,1-3H3. The molecular formula is C18H21NO2. The van der Waals surface area contributed by atoms with Crippen LogP contribution >= 0.6 is 0 Å². The van der Waals surface area contributed by atoms with Gasteiger partial charge in [-0.3, -0.25) is 0 Å². The number of rotatable bonds is 2. The molecule has 0 saturated heterocycles. The lowest BCUT2D eigenvalue weighted by atomic mass is 9.92. The second-order valence-corrected chi connectivity index (χ2v) is 5.70. The van der Waals surface area contributed by atoms with E-state index in [1.165, 1.54) is 16.7 Å². The van der Waals surface area contributed by atoms with E-state index in [2.05, 4.69) is 32.0 Å². The fraction of sp³-hybridized carbons (Fsp3) is 0.333. The van der Waals surface area contributed by atoms with Crippen LogP contribution in [0.4, 0.5) is 0 Å². The summed E-state index contributed by atoms with van der Waals surface area (Å²) >= 11 is 0. The Labute approximate surface area is 125 Å². The molecule has 0 saturated carbocycles. The first-order valence-electron chi connectivity index (χ1n) is 7.26. The molecule has 21 heavy (non-hydrogen) atoms. The maximum atomic E-state index is 6.33. The molecule has 3 nitrogen and oxygen atoms in total. The normalized spacial score (nSPS) is 20.6. The van der Waals surface area contributed by atoms with Crippen molar-refractivity contribution in [2.24, 2.45) is 5.73 Å². The molecule has 1 aliphatic heterocycles. The van der Waals surface area contributed by atoms with E-state index in [1.807, 2.05) is 18.2 Å². The Hall–Kier alpha value is -2.00. The molecule has 0 spiro atoms. The minimum absolute atomic E-state index is 0.0141. The minimum atomic E-state index is -0.0320. The number of benzene rings is 2. The Morgan fingerprint density at radius 3 is 2.62 bits per heavy atom. The van der Waals surface area contributed by atoms with Crippen LogP contribution in [-0.4, -0.2) is 7.11 Å². The number of hydrogen-bond donors (Lipinski definition) is 1. The van der Waals surface area contributed by atoms with Crippen LogP contribution in [-0.2, 0) is 0 Å². The first kappa shape index (κ1) is 14.0. The van der Waals surface area contributed by atoms with Gasteiger partial charge >= 0.3 is 0 Å². The minimum Gasteiger partial charge on any atom is -0.497 e. The molecule has 110 valence electrons. The van der Waals surface area contributed by atoms with Crippen LogP contribution in [0.2, 0.25) is 0 Å². The summed E-state index contributed by atoms with van der Waals surface area (Å²) in [7, 11) is 1.66. The van der Waals surface area contributed by atoms with Gasteiger partial charge in [0.25, 0.3) is 0 Å². The highest BCUT2D eigenvalue weighted by Crippen LogP contribution is 2.41. The maximum Gasteiger partial charge on any atom is 0.126 e. The summed E-state index contributed by atoms with van der Waals surface area (Å²) in [5.74, 6) is 1.68. The summed E-state index contributed by atoms with van der Waals surface area (Å²) < 4.78 is 11.4. The molecule has 0 bridgehead atoms. The second kappa shape index (κ2) is 5.41. The fourth-order valence-electron chi connectivity index (χ4n) is 2.78. The predicted octanol–water partition coefficient (Wildman–Crippen LogP) is 3.84. The zero-order chi connectivity index (χ0) is 15.0. The molecule has 0 fully saturated rings. The van der Waals surface area contributed by atoms with Gasteiger partial charge in [-0.2, -0.15) is 0 Å². The fourth-order valence-corrected chi connectivity index (χ4v) is 2.78. The van der Waals surface area contributed by atoms with Crippen molar-refractivity contribution in [3.8, 4) is 11.5 Å². The van der Waals surface area contributed by atoms with Gasteiger partial charge in [-0.25, -0.2) is 0 Å². The number of ether oxygens (including phenoxy) is 2. The number of hydrogen-bond acceptors (Lipinski definition) is 3. The van der Waals surface area contributed by atoms with Gasteiger partial charge < -0.3 is 15.2 Å². The van der Waals surface area contributed by atoms with Crippen molar-refractivity contribution in [3.05, 3.63) is 58.7 Å². The Balaban J connectivity index is 1.92. The van der Waals surface area contributed by atoms with Gasteiger partial charge in [-0.1, -0.05) is 18.2 Å². The Bertz CT molecular complexity index is 666. The predicted molar refractivity (Wildman–Crippen MR) is 83.8 cm³/mol. The Kier molecular flexibility index (Phi) is 3.60. The summed E-state index contributed by atoms with van der Waals surface area (Å²) in [5.41, 5.74) is 11.1. The van der Waals surface area contributed by atoms with Crippen LogP contribution < -0.4 is 15.2 Å². The average molecular weight is 283 g/mol. The van der Waals surface area contributed by atoms with Gasteiger partial charge in [0.05, 0.1) is 7.11 Å². The van der Waals surface area contributed by atoms with E-state index in [1.54, 1.807) is 7.11 Å². The van der Waals surface area contributed by atoms with E-state index in [0.29, 0.717) is 0 Å². The van der Waals surface area contributed by atoms with Gasteiger partial charge in [0.15, 0.2) is 0 Å². The van der Waals surface area contributed by atoms with Crippen molar-refractivity contribution in [1.29, 1.82) is 0 Å². The SMILES string of the molecule is COc1ccc2c(c1)C(N)CC(c1ccc(C)c(C)c1)O2. The summed E-state index contributed by atoms with van der Waals surface area (Å²) in [4.78, 5) is 0. The molecule has 0 amide bonds. The highest BCUT2D eigenvalue weighted by atomic mass is 16.5. The van der Waals surface area contributed by atoms with E-state index >= 15 is 0 Å². The maximum absolute atomic E-state index is 6.33. The third-order valence-corrected chi connectivity index (χ3v) is 4.26. The summed E-state index contributed by atoms with van der Waals surface area (Å²) in [6.07, 6.45) is 0.794. The molecule has 2 unspecified atom stereocenters. The van der Waals surface area contributed by atoms with Gasteiger partial charge in [0.2, 0.25) is 0 Å². The van der Waals surface area contributed by atoms with E-state index in [9.17, 15) is 0 Å². The number of nitrogens with two attached hydrogens (primary N) is 1. The van der Waals surface area contributed by atoms with Gasteiger partial charge in [0, 0.05) is 18.0 Å². The summed E-state index contributed by atoms with van der Waals surface area (Å²) in [6.45, 7) is 4.24.